The van der Waals surface area contributed by atoms with Crippen LogP contribution in [0.2, 0.25) is 0 Å². The van der Waals surface area contributed by atoms with Crippen molar-refractivity contribution in [2.24, 2.45) is 5.92 Å². The lowest BCUT2D eigenvalue weighted by molar-refractivity contribution is 0.0937. The van der Waals surface area contributed by atoms with E-state index in [1.807, 2.05) is 12.1 Å². The highest BCUT2D eigenvalue weighted by Crippen LogP contribution is 2.33. The van der Waals surface area contributed by atoms with Gasteiger partial charge in [0, 0.05) is 6.54 Å². The number of fused-ring (bicyclic) bond motifs is 1. The lowest BCUT2D eigenvalue weighted by atomic mass is 10.1. The standard InChI is InChI=1S/C14H18N2O3.ClH/c17-14(16-9-10-4-5-15-8-10)11-2-1-3-12-13(11)19-7-6-18-12;/h1-3,10,15H,4-9H2,(H,16,17);1H. The Bertz CT molecular complexity index is 475. The summed E-state index contributed by atoms with van der Waals surface area (Å²) >= 11 is 0. The smallest absolute Gasteiger partial charge is 0.255 e. The van der Waals surface area contributed by atoms with E-state index in [0.29, 0.717) is 42.7 Å². The molecule has 1 atom stereocenters. The first-order valence-electron chi connectivity index (χ1n) is 6.72. The summed E-state index contributed by atoms with van der Waals surface area (Å²) in [5.41, 5.74) is 0.558. The maximum atomic E-state index is 12.2. The molecule has 2 aliphatic heterocycles. The van der Waals surface area contributed by atoms with Gasteiger partial charge in [-0.3, -0.25) is 4.79 Å². The fraction of sp³-hybridized carbons (Fsp3) is 0.500. The van der Waals surface area contributed by atoms with Crippen molar-refractivity contribution in [3.63, 3.8) is 0 Å². The van der Waals surface area contributed by atoms with Crippen LogP contribution in [0.15, 0.2) is 18.2 Å². The highest BCUT2D eigenvalue weighted by atomic mass is 35.5. The van der Waals surface area contributed by atoms with Gasteiger partial charge in [0.2, 0.25) is 0 Å². The van der Waals surface area contributed by atoms with Crippen LogP contribution in [0.4, 0.5) is 0 Å². The number of carbonyl (C=O) groups excluding carboxylic acids is 1. The second kappa shape index (κ2) is 6.81. The van der Waals surface area contributed by atoms with E-state index in [1.165, 1.54) is 0 Å². The largest absolute Gasteiger partial charge is 0.486 e. The molecule has 5 nitrogen and oxygen atoms in total. The zero-order valence-electron chi connectivity index (χ0n) is 11.2. The van der Waals surface area contributed by atoms with E-state index in [2.05, 4.69) is 10.6 Å². The number of hydrogen-bond acceptors (Lipinski definition) is 4. The van der Waals surface area contributed by atoms with Gasteiger partial charge in [-0.25, -0.2) is 0 Å². The lowest BCUT2D eigenvalue weighted by Gasteiger charge is -2.20. The summed E-state index contributed by atoms with van der Waals surface area (Å²) < 4.78 is 11.0. The molecule has 0 bridgehead atoms. The molecule has 2 N–H and O–H groups in total. The molecule has 3 rings (SSSR count). The summed E-state index contributed by atoms with van der Waals surface area (Å²) in [6.07, 6.45) is 1.12. The van der Waals surface area contributed by atoms with Crippen LogP contribution in [0.3, 0.4) is 0 Å². The average Bonchev–Trinajstić information content (AvgIpc) is 2.97. The van der Waals surface area contributed by atoms with Crippen LogP contribution in [-0.2, 0) is 0 Å². The number of hydrogen-bond donors (Lipinski definition) is 2. The molecule has 6 heteroatoms. The minimum Gasteiger partial charge on any atom is -0.486 e. The van der Waals surface area contributed by atoms with Gasteiger partial charge in [-0.1, -0.05) is 6.07 Å². The lowest BCUT2D eigenvalue weighted by Crippen LogP contribution is -2.31. The Balaban J connectivity index is 0.00000147. The molecule has 0 aromatic heterocycles. The van der Waals surface area contributed by atoms with Crippen molar-refractivity contribution >= 4 is 18.3 Å². The van der Waals surface area contributed by atoms with Crippen molar-refractivity contribution < 1.29 is 14.3 Å². The first kappa shape index (κ1) is 14.9. The fourth-order valence-corrected chi connectivity index (χ4v) is 2.47. The topological polar surface area (TPSA) is 59.6 Å². The molecule has 1 amide bonds. The molecule has 2 aliphatic rings. The Kier molecular flexibility index (Phi) is 5.09. The molecule has 1 unspecified atom stereocenters. The molecule has 0 spiro atoms. The zero-order chi connectivity index (χ0) is 13.1. The van der Waals surface area contributed by atoms with Gasteiger partial charge in [0.05, 0.1) is 5.56 Å². The van der Waals surface area contributed by atoms with Gasteiger partial charge in [-0.05, 0) is 37.6 Å². The first-order valence-corrected chi connectivity index (χ1v) is 6.72. The Hall–Kier alpha value is -1.46. The molecule has 1 aromatic carbocycles. The summed E-state index contributed by atoms with van der Waals surface area (Å²) in [4.78, 5) is 12.2. The number of halogens is 1. The van der Waals surface area contributed by atoms with Gasteiger partial charge in [0.15, 0.2) is 11.5 Å². The molecular weight excluding hydrogens is 280 g/mol. The number of carbonyl (C=O) groups is 1. The van der Waals surface area contributed by atoms with Gasteiger partial charge in [0.25, 0.3) is 5.91 Å². The van der Waals surface area contributed by atoms with Crippen LogP contribution < -0.4 is 20.1 Å². The molecule has 0 saturated carbocycles. The zero-order valence-corrected chi connectivity index (χ0v) is 12.0. The number of rotatable bonds is 3. The predicted octanol–water partition coefficient (Wildman–Crippen LogP) is 1.22. The number of nitrogens with one attached hydrogen (secondary N) is 2. The summed E-state index contributed by atoms with van der Waals surface area (Å²) in [6, 6.07) is 5.42. The SMILES string of the molecule is Cl.O=C(NCC1CCNC1)c1cccc2c1OCCO2. The van der Waals surface area contributed by atoms with Gasteiger partial charge >= 0.3 is 0 Å². The third-order valence-electron chi connectivity index (χ3n) is 3.52. The molecule has 0 radical (unpaired) electrons. The fourth-order valence-electron chi connectivity index (χ4n) is 2.47. The van der Waals surface area contributed by atoms with Crippen LogP contribution >= 0.6 is 12.4 Å². The molecule has 1 fully saturated rings. The van der Waals surface area contributed by atoms with Crippen LogP contribution in [0.25, 0.3) is 0 Å². The van der Waals surface area contributed by atoms with Crippen molar-refractivity contribution in [3.8, 4) is 11.5 Å². The van der Waals surface area contributed by atoms with E-state index in [4.69, 9.17) is 9.47 Å². The maximum absolute atomic E-state index is 12.2. The maximum Gasteiger partial charge on any atom is 0.255 e. The van der Waals surface area contributed by atoms with Crippen molar-refractivity contribution in [1.29, 1.82) is 0 Å². The minimum absolute atomic E-state index is 0. The van der Waals surface area contributed by atoms with Gasteiger partial charge in [-0.15, -0.1) is 12.4 Å². The number of para-hydroxylation sites is 1. The predicted molar refractivity (Wildman–Crippen MR) is 78.0 cm³/mol. The van der Waals surface area contributed by atoms with Crippen molar-refractivity contribution in [3.05, 3.63) is 23.8 Å². The first-order chi connectivity index (χ1) is 9.34. The van der Waals surface area contributed by atoms with Crippen molar-refractivity contribution in [2.45, 2.75) is 6.42 Å². The molecule has 1 saturated heterocycles. The summed E-state index contributed by atoms with van der Waals surface area (Å²) in [7, 11) is 0. The number of benzene rings is 1. The Labute approximate surface area is 124 Å². The van der Waals surface area contributed by atoms with Crippen molar-refractivity contribution in [1.82, 2.24) is 10.6 Å². The third-order valence-corrected chi connectivity index (χ3v) is 3.52. The van der Waals surface area contributed by atoms with Crippen LogP contribution in [0.1, 0.15) is 16.8 Å². The minimum atomic E-state index is -0.0887. The van der Waals surface area contributed by atoms with Gasteiger partial charge in [0.1, 0.15) is 13.2 Å². The Morgan fingerprint density at radius 2 is 2.20 bits per heavy atom. The second-order valence-electron chi connectivity index (χ2n) is 4.90. The van der Waals surface area contributed by atoms with E-state index in [-0.39, 0.29) is 18.3 Å². The Morgan fingerprint density at radius 1 is 1.35 bits per heavy atom. The van der Waals surface area contributed by atoms with E-state index in [9.17, 15) is 4.79 Å². The molecule has 1 aromatic rings. The summed E-state index contributed by atoms with van der Waals surface area (Å²) in [6.45, 7) is 3.75. The summed E-state index contributed by atoms with van der Waals surface area (Å²) in [5.74, 6) is 1.66. The van der Waals surface area contributed by atoms with Gasteiger partial charge in [-0.2, -0.15) is 0 Å². The number of ether oxygens (including phenoxy) is 2. The van der Waals surface area contributed by atoms with Gasteiger partial charge < -0.3 is 20.1 Å². The molecule has 0 aliphatic carbocycles. The van der Waals surface area contributed by atoms with E-state index < -0.39 is 0 Å². The number of amides is 1. The van der Waals surface area contributed by atoms with E-state index >= 15 is 0 Å². The van der Waals surface area contributed by atoms with Crippen molar-refractivity contribution in [2.75, 3.05) is 32.8 Å². The highest BCUT2D eigenvalue weighted by molar-refractivity contribution is 5.97. The summed E-state index contributed by atoms with van der Waals surface area (Å²) in [5, 5.41) is 6.27. The monoisotopic (exact) mass is 298 g/mol. The highest BCUT2D eigenvalue weighted by Gasteiger charge is 2.21. The second-order valence-corrected chi connectivity index (χ2v) is 4.90. The molecule has 2 heterocycles. The third kappa shape index (κ3) is 3.16. The molecular formula is C14H19ClN2O3. The average molecular weight is 299 g/mol. The normalized spacial score (nSPS) is 20.1. The van der Waals surface area contributed by atoms with E-state index in [1.54, 1.807) is 6.07 Å². The quantitative estimate of drug-likeness (QED) is 0.881. The van der Waals surface area contributed by atoms with Crippen LogP contribution in [0, 0.1) is 5.92 Å². The molecule has 110 valence electrons. The van der Waals surface area contributed by atoms with E-state index in [0.717, 1.165) is 19.5 Å². The van der Waals surface area contributed by atoms with Crippen LogP contribution in [0.5, 0.6) is 11.5 Å². The Morgan fingerprint density at radius 3 is 3.00 bits per heavy atom. The molecule has 20 heavy (non-hydrogen) atoms. The van der Waals surface area contributed by atoms with Crippen LogP contribution in [-0.4, -0.2) is 38.8 Å².